The molecule has 9 heteroatoms. The Morgan fingerprint density at radius 2 is 1.61 bits per heavy atom. The molecule has 2 aliphatic rings. The van der Waals surface area contributed by atoms with Crippen molar-refractivity contribution in [1.82, 2.24) is 9.21 Å². The number of ether oxygens (including phenoxy) is 1. The highest BCUT2D eigenvalue weighted by Crippen LogP contribution is 2.40. The van der Waals surface area contributed by atoms with Crippen LogP contribution in [0.4, 0.5) is 8.78 Å². The van der Waals surface area contributed by atoms with E-state index >= 15 is 8.78 Å². The van der Waals surface area contributed by atoms with Crippen molar-refractivity contribution in [3.8, 4) is 5.75 Å². The normalized spacial score (nSPS) is 17.4. The van der Waals surface area contributed by atoms with Crippen LogP contribution in [-0.2, 0) is 10.7 Å². The second-order valence-electron chi connectivity index (χ2n) is 10.5. The number of nitrogens with zero attached hydrogens (tertiary/aromatic N) is 2. The number of halogens is 3. The van der Waals surface area contributed by atoms with Crippen molar-refractivity contribution in [2.24, 2.45) is 5.73 Å². The van der Waals surface area contributed by atoms with Crippen molar-refractivity contribution in [3.63, 3.8) is 0 Å². The number of benzene rings is 3. The number of rotatable bonds is 8. The third kappa shape index (κ3) is 7.80. The van der Waals surface area contributed by atoms with Crippen molar-refractivity contribution in [1.29, 1.82) is 0 Å². The number of hydrogen-bond donors (Lipinski definition) is 1. The lowest BCUT2D eigenvalue weighted by Crippen LogP contribution is -2.55. The van der Waals surface area contributed by atoms with Gasteiger partial charge in [-0.1, -0.05) is 54.0 Å². The summed E-state index contributed by atoms with van der Waals surface area (Å²) in [4.78, 5) is 16.0. The van der Waals surface area contributed by atoms with Crippen molar-refractivity contribution in [3.05, 3.63) is 70.7 Å². The molecule has 1 unspecified atom stereocenters. The Bertz CT molecular complexity index is 1300. The fourth-order valence-electron chi connectivity index (χ4n) is 5.41. The minimum Gasteiger partial charge on any atom is -0.490 e. The van der Waals surface area contributed by atoms with Crippen LogP contribution in [0.5, 0.6) is 5.75 Å². The highest BCUT2D eigenvalue weighted by atomic mass is 79.9. The van der Waals surface area contributed by atoms with Crippen LogP contribution in [-0.4, -0.2) is 53.4 Å². The minimum atomic E-state index is -3.41. The molecular weight excluding hydrogens is 608 g/mol. The van der Waals surface area contributed by atoms with Crippen LogP contribution in [0.25, 0.3) is 10.8 Å². The SMILES string of the molecule is CC.CN(Sc1ccc2cc(OC3CCCC3)ccc2c1)C(C(=O)N1CCC(N)CC1)C(F)(F)c1ccc(Br)cc1. The Labute approximate surface area is 255 Å². The predicted octanol–water partition coefficient (Wildman–Crippen LogP) is 8.00. The van der Waals surface area contributed by atoms with E-state index in [0.717, 1.165) is 46.2 Å². The maximum atomic E-state index is 16.1. The van der Waals surface area contributed by atoms with Gasteiger partial charge in [-0.2, -0.15) is 8.78 Å². The molecule has 1 aliphatic carbocycles. The van der Waals surface area contributed by atoms with Crippen LogP contribution in [0, 0.1) is 0 Å². The number of alkyl halides is 2. The van der Waals surface area contributed by atoms with Gasteiger partial charge in [-0.25, -0.2) is 4.31 Å². The van der Waals surface area contributed by atoms with Gasteiger partial charge in [-0.3, -0.25) is 4.79 Å². The maximum absolute atomic E-state index is 16.1. The van der Waals surface area contributed by atoms with Crippen LogP contribution in [0.3, 0.4) is 0 Å². The number of fused-ring (bicyclic) bond motifs is 1. The van der Waals surface area contributed by atoms with Gasteiger partial charge in [0.1, 0.15) is 5.75 Å². The summed E-state index contributed by atoms with van der Waals surface area (Å²) in [6.07, 6.45) is 6.10. The monoisotopic (exact) mass is 647 g/mol. The summed E-state index contributed by atoms with van der Waals surface area (Å²) < 4.78 is 40.4. The third-order valence-electron chi connectivity index (χ3n) is 7.66. The fraction of sp³-hybridized carbons (Fsp3) is 0.469. The number of nitrogens with two attached hydrogens (primary N) is 1. The van der Waals surface area contributed by atoms with E-state index in [1.165, 1.54) is 34.2 Å². The smallest absolute Gasteiger partial charge is 0.298 e. The molecule has 41 heavy (non-hydrogen) atoms. The minimum absolute atomic E-state index is 0.00623. The van der Waals surface area contributed by atoms with Gasteiger partial charge < -0.3 is 15.4 Å². The summed E-state index contributed by atoms with van der Waals surface area (Å²) in [7, 11) is 1.57. The molecule has 5 rings (SSSR count). The molecule has 1 saturated carbocycles. The van der Waals surface area contributed by atoms with Crippen LogP contribution in [0.15, 0.2) is 70.0 Å². The average molecular weight is 649 g/mol. The van der Waals surface area contributed by atoms with E-state index in [0.29, 0.717) is 30.4 Å². The molecule has 1 aliphatic heterocycles. The van der Waals surface area contributed by atoms with Crippen LogP contribution < -0.4 is 10.5 Å². The molecule has 1 atom stereocenters. The first kappa shape index (κ1) is 31.7. The first-order valence-corrected chi connectivity index (χ1v) is 16.1. The average Bonchev–Trinajstić information content (AvgIpc) is 3.48. The zero-order valence-corrected chi connectivity index (χ0v) is 26.4. The summed E-state index contributed by atoms with van der Waals surface area (Å²) in [6, 6.07) is 16.0. The quantitative estimate of drug-likeness (QED) is 0.251. The van der Waals surface area contributed by atoms with E-state index in [9.17, 15) is 4.79 Å². The summed E-state index contributed by atoms with van der Waals surface area (Å²) in [5, 5.41) is 2.01. The highest BCUT2D eigenvalue weighted by molar-refractivity contribution is 9.10. The number of piperidine rings is 1. The Morgan fingerprint density at radius 1 is 1.00 bits per heavy atom. The molecule has 2 N–H and O–H groups in total. The van der Waals surface area contributed by atoms with E-state index in [4.69, 9.17) is 10.5 Å². The molecule has 1 heterocycles. The topological polar surface area (TPSA) is 58.8 Å². The van der Waals surface area contributed by atoms with Gasteiger partial charge in [0.2, 0.25) is 5.91 Å². The van der Waals surface area contributed by atoms with Crippen molar-refractivity contribution in [2.45, 2.75) is 81.4 Å². The van der Waals surface area contributed by atoms with E-state index in [-0.39, 0.29) is 17.7 Å². The van der Waals surface area contributed by atoms with Crippen LogP contribution in [0.1, 0.15) is 57.9 Å². The number of amides is 1. The molecule has 0 aromatic heterocycles. The van der Waals surface area contributed by atoms with E-state index in [1.807, 2.05) is 50.2 Å². The fourth-order valence-corrected chi connectivity index (χ4v) is 6.64. The van der Waals surface area contributed by atoms with Gasteiger partial charge in [0, 0.05) is 34.1 Å². The second kappa shape index (κ2) is 14.3. The van der Waals surface area contributed by atoms with Gasteiger partial charge in [-0.05, 0) is 105 Å². The zero-order valence-electron chi connectivity index (χ0n) is 24.0. The number of likely N-dealkylation sites (tertiary alicyclic amines) is 1. The van der Waals surface area contributed by atoms with Gasteiger partial charge in [0.15, 0.2) is 6.04 Å². The lowest BCUT2D eigenvalue weighted by atomic mass is 9.98. The molecular formula is C32H40BrF2N3O2S. The zero-order chi connectivity index (χ0) is 29.6. The van der Waals surface area contributed by atoms with E-state index < -0.39 is 17.9 Å². The van der Waals surface area contributed by atoms with Crippen molar-refractivity contribution >= 4 is 44.6 Å². The molecule has 0 bridgehead atoms. The Morgan fingerprint density at radius 3 is 2.27 bits per heavy atom. The summed E-state index contributed by atoms with van der Waals surface area (Å²) in [6.45, 7) is 4.76. The van der Waals surface area contributed by atoms with Gasteiger partial charge in [0.05, 0.1) is 6.10 Å². The van der Waals surface area contributed by atoms with Gasteiger partial charge in [-0.15, -0.1) is 0 Å². The van der Waals surface area contributed by atoms with Gasteiger partial charge >= 0.3 is 0 Å². The largest absolute Gasteiger partial charge is 0.490 e. The summed E-state index contributed by atoms with van der Waals surface area (Å²) in [5.41, 5.74) is 5.81. The first-order valence-electron chi connectivity index (χ1n) is 14.5. The standard InChI is InChI=1S/C30H34BrF2N3O2S.C2H6/c1-35(39-27-13-7-20-18-26(12-6-21(20)19-27)38-25-4-2-3-5-25)28(29(37)36-16-14-24(34)15-17-36)30(32,33)22-8-10-23(31)11-9-22;1-2/h6-13,18-19,24-25,28H,2-5,14-17,34H2,1H3;1-2H3. The predicted molar refractivity (Wildman–Crippen MR) is 167 cm³/mol. The van der Waals surface area contributed by atoms with Crippen LogP contribution >= 0.6 is 27.9 Å². The summed E-state index contributed by atoms with van der Waals surface area (Å²) in [5.74, 6) is -3.14. The Hall–Kier alpha value is -2.20. The number of carbonyl (C=O) groups excluding carboxylic acids is 1. The molecule has 5 nitrogen and oxygen atoms in total. The highest BCUT2D eigenvalue weighted by Gasteiger charge is 2.50. The van der Waals surface area contributed by atoms with Crippen molar-refractivity contribution < 1.29 is 18.3 Å². The van der Waals surface area contributed by atoms with Crippen LogP contribution in [0.2, 0.25) is 0 Å². The molecule has 3 aromatic carbocycles. The first-order chi connectivity index (χ1) is 19.7. The third-order valence-corrected chi connectivity index (χ3v) is 9.15. The van der Waals surface area contributed by atoms with Crippen molar-refractivity contribution in [2.75, 3.05) is 20.1 Å². The lowest BCUT2D eigenvalue weighted by Gasteiger charge is -2.38. The maximum Gasteiger partial charge on any atom is 0.298 e. The molecule has 2 fully saturated rings. The van der Waals surface area contributed by atoms with Gasteiger partial charge in [0.25, 0.3) is 5.92 Å². The number of hydrogen-bond acceptors (Lipinski definition) is 5. The lowest BCUT2D eigenvalue weighted by molar-refractivity contribution is -0.150. The molecule has 1 amide bonds. The van der Waals surface area contributed by atoms with E-state index in [1.54, 1.807) is 19.2 Å². The Balaban J connectivity index is 0.00000189. The van der Waals surface area contributed by atoms with E-state index in [2.05, 4.69) is 15.9 Å². The molecule has 0 spiro atoms. The molecule has 3 aromatic rings. The number of likely N-dealkylation sites (N-methyl/N-ethyl adjacent to an activating group) is 1. The Kier molecular flexibility index (Phi) is 11.1. The number of carbonyl (C=O) groups is 1. The molecule has 1 saturated heterocycles. The second-order valence-corrected chi connectivity index (χ2v) is 12.7. The molecule has 222 valence electrons. The molecule has 0 radical (unpaired) electrons. The summed E-state index contributed by atoms with van der Waals surface area (Å²) >= 11 is 4.47.